The van der Waals surface area contributed by atoms with Crippen molar-refractivity contribution in [3.63, 3.8) is 0 Å². The van der Waals surface area contributed by atoms with Crippen molar-refractivity contribution >= 4 is 30.1 Å². The highest BCUT2D eigenvalue weighted by molar-refractivity contribution is 5.90. The third-order valence-electron chi connectivity index (χ3n) is 3.10. The Hall–Kier alpha value is -3.17. The molecule has 0 amide bonds. The number of rotatable bonds is 8. The lowest BCUT2D eigenvalue weighted by atomic mass is 10.00. The van der Waals surface area contributed by atoms with E-state index in [-0.39, 0.29) is 25.0 Å². The van der Waals surface area contributed by atoms with Crippen LogP contribution in [0.5, 0.6) is 0 Å². The summed E-state index contributed by atoms with van der Waals surface area (Å²) in [6, 6.07) is -2.37. The third-order valence-corrected chi connectivity index (χ3v) is 3.10. The number of nitrogens with zero attached hydrogens (tertiary/aromatic N) is 1. The molecule has 0 aliphatic carbocycles. The Bertz CT molecular complexity index is 635. The summed E-state index contributed by atoms with van der Waals surface area (Å²) in [6.07, 6.45) is 3.07. The predicted octanol–water partition coefficient (Wildman–Crippen LogP) is -0.283. The normalized spacial score (nSPS) is 20.2. The molecule has 0 saturated heterocycles. The molecule has 0 aromatic heterocycles. The van der Waals surface area contributed by atoms with Crippen LogP contribution in [0.4, 0.5) is 0 Å². The predicted molar refractivity (Wildman–Crippen MR) is 79.8 cm³/mol. The van der Waals surface area contributed by atoms with E-state index in [9.17, 15) is 19.2 Å². The number of hydrogen-bond acceptors (Lipinski definition) is 6. The second-order valence-electron chi connectivity index (χ2n) is 4.93. The van der Waals surface area contributed by atoms with Crippen LogP contribution in [0.15, 0.2) is 28.4 Å². The lowest BCUT2D eigenvalue weighted by Gasteiger charge is -2.21. The van der Waals surface area contributed by atoms with Crippen LogP contribution in [0.2, 0.25) is 0 Å². The standard InChI is InChI=1S/C14H16N2O8/c17-11(18)2-1-8(12(19)20)15-4-3-7-5-9(13(21)22)16-10(6-7)14(23)24/h3-5,8,10,16H,1-2,6H2,(H,17,18)(H,19,20)(H,21,22)(H,23,24)/t8-,10-/m1/s1. The summed E-state index contributed by atoms with van der Waals surface area (Å²) in [5, 5.41) is 37.8. The maximum atomic E-state index is 11.0. The Labute approximate surface area is 135 Å². The quantitative estimate of drug-likeness (QED) is 0.372. The molecule has 1 heterocycles. The van der Waals surface area contributed by atoms with E-state index in [1.807, 2.05) is 0 Å². The highest BCUT2D eigenvalue weighted by Crippen LogP contribution is 2.16. The fraction of sp³-hybridized carbons (Fsp3) is 0.357. The summed E-state index contributed by atoms with van der Waals surface area (Å²) in [5.74, 6) is -4.99. The zero-order valence-electron chi connectivity index (χ0n) is 12.4. The summed E-state index contributed by atoms with van der Waals surface area (Å²) in [4.78, 5) is 47.1. The van der Waals surface area contributed by atoms with Gasteiger partial charge in [0, 0.05) is 19.1 Å². The Morgan fingerprint density at radius 2 is 1.92 bits per heavy atom. The lowest BCUT2D eigenvalue weighted by molar-refractivity contribution is -0.141. The summed E-state index contributed by atoms with van der Waals surface area (Å²) < 4.78 is 0. The van der Waals surface area contributed by atoms with Gasteiger partial charge in [-0.2, -0.15) is 0 Å². The van der Waals surface area contributed by atoms with Gasteiger partial charge in [0.2, 0.25) is 0 Å². The molecule has 10 heteroatoms. The second kappa shape index (κ2) is 8.46. The molecule has 0 aromatic rings. The minimum Gasteiger partial charge on any atom is -0.481 e. The van der Waals surface area contributed by atoms with Crippen LogP contribution in [-0.4, -0.2) is 62.6 Å². The Morgan fingerprint density at radius 3 is 2.42 bits per heavy atom. The zero-order valence-corrected chi connectivity index (χ0v) is 12.4. The Kier molecular flexibility index (Phi) is 6.65. The average molecular weight is 340 g/mol. The second-order valence-corrected chi connectivity index (χ2v) is 4.93. The highest BCUT2D eigenvalue weighted by atomic mass is 16.4. The van der Waals surface area contributed by atoms with Crippen molar-refractivity contribution in [1.29, 1.82) is 0 Å². The molecule has 10 nitrogen and oxygen atoms in total. The van der Waals surface area contributed by atoms with Gasteiger partial charge in [-0.05, 0) is 24.1 Å². The average Bonchev–Trinajstić information content (AvgIpc) is 2.49. The Balaban J connectivity index is 2.90. The van der Waals surface area contributed by atoms with Gasteiger partial charge >= 0.3 is 23.9 Å². The maximum absolute atomic E-state index is 11.0. The van der Waals surface area contributed by atoms with E-state index >= 15 is 0 Å². The largest absolute Gasteiger partial charge is 0.481 e. The van der Waals surface area contributed by atoms with E-state index in [1.165, 1.54) is 12.2 Å². The first-order chi connectivity index (χ1) is 11.2. The lowest BCUT2D eigenvalue weighted by Crippen LogP contribution is -2.41. The van der Waals surface area contributed by atoms with Crippen molar-refractivity contribution in [3.05, 3.63) is 23.4 Å². The zero-order chi connectivity index (χ0) is 18.3. The van der Waals surface area contributed by atoms with Gasteiger partial charge in [0.1, 0.15) is 17.8 Å². The van der Waals surface area contributed by atoms with Gasteiger partial charge in [0.15, 0.2) is 0 Å². The van der Waals surface area contributed by atoms with Crippen LogP contribution in [0.3, 0.4) is 0 Å². The monoisotopic (exact) mass is 340 g/mol. The molecule has 130 valence electrons. The molecule has 1 rings (SSSR count). The number of nitrogens with one attached hydrogen (secondary N) is 1. The number of aliphatic imine (C=N–C) groups is 1. The van der Waals surface area contributed by atoms with Crippen LogP contribution >= 0.6 is 0 Å². The van der Waals surface area contributed by atoms with Crippen molar-refractivity contribution < 1.29 is 39.6 Å². The minimum absolute atomic E-state index is 0.00893. The molecular weight excluding hydrogens is 324 g/mol. The molecular formula is C14H16N2O8. The highest BCUT2D eigenvalue weighted by Gasteiger charge is 2.26. The molecule has 2 atom stereocenters. The van der Waals surface area contributed by atoms with Crippen molar-refractivity contribution in [2.45, 2.75) is 31.3 Å². The first kappa shape index (κ1) is 18.9. The molecule has 1 aliphatic rings. The topological polar surface area (TPSA) is 174 Å². The van der Waals surface area contributed by atoms with Gasteiger partial charge in [0.05, 0.1) is 0 Å². The smallest absolute Gasteiger partial charge is 0.351 e. The van der Waals surface area contributed by atoms with Crippen molar-refractivity contribution in [2.75, 3.05) is 0 Å². The SMILES string of the molecule is O=C(O)CC[C@@H](N=CC=C1C=C(C(=O)O)N[C@@H](C(=O)O)C1)C(=O)O. The molecule has 0 bridgehead atoms. The van der Waals surface area contributed by atoms with Gasteiger partial charge < -0.3 is 25.7 Å². The number of hydrogen-bond donors (Lipinski definition) is 5. The molecule has 0 spiro atoms. The van der Waals surface area contributed by atoms with E-state index < -0.39 is 36.0 Å². The number of carboxylic acids is 4. The van der Waals surface area contributed by atoms with Crippen LogP contribution in [0.1, 0.15) is 19.3 Å². The summed E-state index contributed by atoms with van der Waals surface area (Å²) in [5.41, 5.74) is 0.0404. The fourth-order valence-corrected chi connectivity index (χ4v) is 1.91. The summed E-state index contributed by atoms with van der Waals surface area (Å²) >= 11 is 0. The first-order valence-corrected chi connectivity index (χ1v) is 6.82. The van der Waals surface area contributed by atoms with E-state index in [1.54, 1.807) is 0 Å². The van der Waals surface area contributed by atoms with Gasteiger partial charge in [-0.25, -0.2) is 14.4 Å². The molecule has 24 heavy (non-hydrogen) atoms. The van der Waals surface area contributed by atoms with Gasteiger partial charge in [-0.1, -0.05) is 0 Å². The Morgan fingerprint density at radius 1 is 1.25 bits per heavy atom. The van der Waals surface area contributed by atoms with Gasteiger partial charge in [-0.3, -0.25) is 9.79 Å². The van der Waals surface area contributed by atoms with Gasteiger partial charge in [-0.15, -0.1) is 0 Å². The molecule has 5 N–H and O–H groups in total. The van der Waals surface area contributed by atoms with Crippen molar-refractivity contribution in [3.8, 4) is 0 Å². The molecule has 0 aromatic carbocycles. The number of carboxylic acid groups (broad SMARTS) is 4. The van der Waals surface area contributed by atoms with E-state index in [2.05, 4.69) is 10.3 Å². The number of aliphatic carboxylic acids is 4. The van der Waals surface area contributed by atoms with E-state index in [4.69, 9.17) is 20.4 Å². The van der Waals surface area contributed by atoms with Crippen molar-refractivity contribution in [1.82, 2.24) is 5.32 Å². The van der Waals surface area contributed by atoms with Crippen molar-refractivity contribution in [2.24, 2.45) is 4.99 Å². The molecule has 0 radical (unpaired) electrons. The molecule has 0 saturated carbocycles. The molecule has 1 aliphatic heterocycles. The van der Waals surface area contributed by atoms with Gasteiger partial charge in [0.25, 0.3) is 0 Å². The number of carbonyl (C=O) groups is 4. The fourth-order valence-electron chi connectivity index (χ4n) is 1.91. The summed E-state index contributed by atoms with van der Waals surface area (Å²) in [6.45, 7) is 0. The first-order valence-electron chi connectivity index (χ1n) is 6.82. The van der Waals surface area contributed by atoms with Crippen LogP contribution in [0.25, 0.3) is 0 Å². The maximum Gasteiger partial charge on any atom is 0.351 e. The minimum atomic E-state index is -1.33. The van der Waals surface area contributed by atoms with Crippen LogP contribution < -0.4 is 5.32 Å². The summed E-state index contributed by atoms with van der Waals surface area (Å²) in [7, 11) is 0. The van der Waals surface area contributed by atoms with E-state index in [0.29, 0.717) is 5.57 Å². The van der Waals surface area contributed by atoms with Crippen LogP contribution in [0, 0.1) is 0 Å². The number of allylic oxidation sites excluding steroid dienone is 2. The third kappa shape index (κ3) is 5.91. The van der Waals surface area contributed by atoms with Crippen LogP contribution in [-0.2, 0) is 19.2 Å². The molecule has 0 unspecified atom stereocenters. The molecule has 0 fully saturated rings. The van der Waals surface area contributed by atoms with E-state index in [0.717, 1.165) is 6.21 Å².